The quantitative estimate of drug-likeness (QED) is 0.701. The molecule has 5 nitrogen and oxygen atoms in total. The van der Waals surface area contributed by atoms with Crippen LogP contribution in [0, 0.1) is 0 Å². The summed E-state index contributed by atoms with van der Waals surface area (Å²) in [5, 5.41) is 5.91. The minimum atomic E-state index is -0.197. The van der Waals surface area contributed by atoms with Crippen LogP contribution in [0.3, 0.4) is 0 Å². The van der Waals surface area contributed by atoms with E-state index in [1.165, 1.54) is 6.20 Å². The fourth-order valence-corrected chi connectivity index (χ4v) is 1.79. The molecule has 1 aliphatic heterocycles. The van der Waals surface area contributed by atoms with Gasteiger partial charge in [0.2, 0.25) is 5.28 Å². The highest BCUT2D eigenvalue weighted by Crippen LogP contribution is 2.30. The van der Waals surface area contributed by atoms with Crippen LogP contribution in [-0.4, -0.2) is 15.9 Å². The lowest BCUT2D eigenvalue weighted by molar-refractivity contribution is 0.102. The number of carbonyl (C=O) groups excluding carboxylic acids is 1. The Morgan fingerprint density at radius 1 is 1.12 bits per heavy atom. The average Bonchev–Trinajstić information content (AvgIpc) is 2.46. The van der Waals surface area contributed by atoms with Gasteiger partial charge in [-0.25, -0.2) is 4.98 Å². The molecule has 1 aliphatic rings. The molecule has 0 fully saturated rings. The van der Waals surface area contributed by atoms with Gasteiger partial charge < -0.3 is 10.6 Å². The second-order valence-electron chi connectivity index (χ2n) is 3.53. The van der Waals surface area contributed by atoms with Gasteiger partial charge in [-0.2, -0.15) is 4.98 Å². The number of para-hydroxylation sites is 1. The first kappa shape index (κ1) is 10.0. The third-order valence-electron chi connectivity index (χ3n) is 2.43. The zero-order valence-corrected chi connectivity index (χ0v) is 9.32. The Kier molecular flexibility index (Phi) is 2.19. The number of rotatable bonds is 0. The van der Waals surface area contributed by atoms with Gasteiger partial charge in [-0.3, -0.25) is 4.79 Å². The smallest absolute Gasteiger partial charge is 0.257 e. The predicted octanol–water partition coefficient (Wildman–Crippen LogP) is 2.44. The standard InChI is InChI=1S/C11H7ClN4O/c12-11-13-5-8-9(16-11)14-7-4-2-1-3-6(7)10(17)15-8/h1-5H,(H,15,17)(H,13,14,16). The molecule has 0 atom stereocenters. The van der Waals surface area contributed by atoms with Crippen LogP contribution in [0.15, 0.2) is 30.5 Å². The van der Waals surface area contributed by atoms with Gasteiger partial charge in [0.15, 0.2) is 5.82 Å². The molecular weight excluding hydrogens is 240 g/mol. The summed E-state index contributed by atoms with van der Waals surface area (Å²) in [6.07, 6.45) is 1.47. The molecule has 1 aromatic carbocycles. The SMILES string of the molecule is O=C1Nc2cnc(Cl)nc2Nc2ccccc21. The Hall–Kier alpha value is -2.14. The molecule has 0 unspecified atom stereocenters. The van der Waals surface area contributed by atoms with E-state index in [2.05, 4.69) is 20.6 Å². The first-order valence-corrected chi connectivity index (χ1v) is 5.32. The second kappa shape index (κ2) is 3.71. The van der Waals surface area contributed by atoms with E-state index in [-0.39, 0.29) is 11.2 Å². The molecule has 84 valence electrons. The molecule has 3 rings (SSSR count). The van der Waals surface area contributed by atoms with Crippen LogP contribution in [0.2, 0.25) is 5.28 Å². The van der Waals surface area contributed by atoms with Crippen molar-refractivity contribution >= 4 is 34.7 Å². The highest BCUT2D eigenvalue weighted by Gasteiger charge is 2.19. The number of hydrogen-bond donors (Lipinski definition) is 2. The number of halogens is 1. The van der Waals surface area contributed by atoms with Crippen LogP contribution in [0.25, 0.3) is 0 Å². The van der Waals surface area contributed by atoms with Gasteiger partial charge in [0.05, 0.1) is 17.4 Å². The molecule has 0 saturated carbocycles. The van der Waals surface area contributed by atoms with Gasteiger partial charge in [0, 0.05) is 0 Å². The van der Waals surface area contributed by atoms with Gasteiger partial charge in [-0.05, 0) is 23.7 Å². The van der Waals surface area contributed by atoms with E-state index in [1.54, 1.807) is 18.2 Å². The Bertz CT molecular complexity index is 614. The first-order valence-electron chi connectivity index (χ1n) is 4.94. The molecule has 17 heavy (non-hydrogen) atoms. The van der Waals surface area contributed by atoms with Crippen LogP contribution >= 0.6 is 11.6 Å². The molecule has 0 spiro atoms. The fourth-order valence-electron chi connectivity index (χ4n) is 1.65. The van der Waals surface area contributed by atoms with Gasteiger partial charge in [-0.15, -0.1) is 0 Å². The Labute approximate surface area is 102 Å². The van der Waals surface area contributed by atoms with Crippen LogP contribution in [0.4, 0.5) is 17.2 Å². The Balaban J connectivity index is 2.18. The maximum Gasteiger partial charge on any atom is 0.257 e. The lowest BCUT2D eigenvalue weighted by atomic mass is 10.1. The Morgan fingerprint density at radius 3 is 2.82 bits per heavy atom. The molecule has 0 saturated heterocycles. The summed E-state index contributed by atoms with van der Waals surface area (Å²) in [5.41, 5.74) is 1.76. The summed E-state index contributed by atoms with van der Waals surface area (Å²) in [6.45, 7) is 0. The van der Waals surface area contributed by atoms with Crippen LogP contribution in [0.1, 0.15) is 10.4 Å². The molecule has 6 heteroatoms. The molecule has 0 bridgehead atoms. The van der Waals surface area contributed by atoms with Crippen molar-refractivity contribution in [1.82, 2.24) is 9.97 Å². The van der Waals surface area contributed by atoms with Gasteiger partial charge in [0.25, 0.3) is 5.91 Å². The van der Waals surface area contributed by atoms with Crippen molar-refractivity contribution in [2.24, 2.45) is 0 Å². The van der Waals surface area contributed by atoms with Crippen molar-refractivity contribution < 1.29 is 4.79 Å². The zero-order chi connectivity index (χ0) is 11.8. The molecule has 1 aromatic heterocycles. The normalized spacial score (nSPS) is 12.9. The monoisotopic (exact) mass is 246 g/mol. The maximum absolute atomic E-state index is 11.9. The summed E-state index contributed by atoms with van der Waals surface area (Å²) in [4.78, 5) is 19.8. The van der Waals surface area contributed by atoms with E-state index in [0.29, 0.717) is 22.8 Å². The maximum atomic E-state index is 11.9. The molecule has 0 aliphatic carbocycles. The number of carbonyl (C=O) groups is 1. The lowest BCUT2D eigenvalue weighted by Crippen LogP contribution is -2.10. The number of fused-ring (bicyclic) bond motifs is 2. The fraction of sp³-hybridized carbons (Fsp3) is 0. The number of hydrogen-bond acceptors (Lipinski definition) is 4. The molecule has 1 amide bonds. The molecule has 2 heterocycles. The van der Waals surface area contributed by atoms with Crippen LogP contribution in [0.5, 0.6) is 0 Å². The molecule has 2 N–H and O–H groups in total. The minimum Gasteiger partial charge on any atom is -0.338 e. The van der Waals surface area contributed by atoms with E-state index in [1.807, 2.05) is 6.07 Å². The third kappa shape index (κ3) is 1.70. The zero-order valence-electron chi connectivity index (χ0n) is 8.57. The summed E-state index contributed by atoms with van der Waals surface area (Å²) in [5.74, 6) is 0.293. The van der Waals surface area contributed by atoms with E-state index in [0.717, 1.165) is 0 Å². The van der Waals surface area contributed by atoms with Crippen molar-refractivity contribution in [3.05, 3.63) is 41.3 Å². The predicted molar refractivity (Wildman–Crippen MR) is 64.7 cm³/mol. The van der Waals surface area contributed by atoms with Gasteiger partial charge in [0.1, 0.15) is 5.69 Å². The van der Waals surface area contributed by atoms with Crippen LogP contribution < -0.4 is 10.6 Å². The number of nitrogens with one attached hydrogen (secondary N) is 2. The number of nitrogens with zero attached hydrogens (tertiary/aromatic N) is 2. The van der Waals surface area contributed by atoms with E-state index >= 15 is 0 Å². The lowest BCUT2D eigenvalue weighted by Gasteiger charge is -2.06. The van der Waals surface area contributed by atoms with E-state index in [4.69, 9.17) is 11.6 Å². The van der Waals surface area contributed by atoms with E-state index in [9.17, 15) is 4.79 Å². The topological polar surface area (TPSA) is 66.9 Å². The summed E-state index contributed by atoms with van der Waals surface area (Å²) >= 11 is 5.72. The number of amides is 1. The number of aromatic nitrogens is 2. The molecule has 2 aromatic rings. The second-order valence-corrected chi connectivity index (χ2v) is 3.86. The van der Waals surface area contributed by atoms with Crippen molar-refractivity contribution in [3.8, 4) is 0 Å². The van der Waals surface area contributed by atoms with Crippen molar-refractivity contribution in [2.75, 3.05) is 10.6 Å². The van der Waals surface area contributed by atoms with Crippen molar-refractivity contribution in [1.29, 1.82) is 0 Å². The summed E-state index contributed by atoms with van der Waals surface area (Å²) in [6, 6.07) is 7.18. The minimum absolute atomic E-state index is 0.130. The van der Waals surface area contributed by atoms with Gasteiger partial charge in [-0.1, -0.05) is 12.1 Å². The highest BCUT2D eigenvalue weighted by molar-refractivity contribution is 6.28. The number of benzene rings is 1. The summed E-state index contributed by atoms with van der Waals surface area (Å²) in [7, 11) is 0. The largest absolute Gasteiger partial charge is 0.338 e. The Morgan fingerprint density at radius 2 is 1.94 bits per heavy atom. The number of anilines is 3. The molecular formula is C11H7ClN4O. The van der Waals surface area contributed by atoms with E-state index < -0.39 is 0 Å². The third-order valence-corrected chi connectivity index (χ3v) is 2.61. The highest BCUT2D eigenvalue weighted by atomic mass is 35.5. The summed E-state index contributed by atoms with van der Waals surface area (Å²) < 4.78 is 0. The average molecular weight is 247 g/mol. The van der Waals surface area contributed by atoms with Crippen molar-refractivity contribution in [2.45, 2.75) is 0 Å². The van der Waals surface area contributed by atoms with Crippen molar-refractivity contribution in [3.63, 3.8) is 0 Å². The van der Waals surface area contributed by atoms with Gasteiger partial charge >= 0.3 is 0 Å². The van der Waals surface area contributed by atoms with Crippen LogP contribution in [-0.2, 0) is 0 Å². The first-order chi connectivity index (χ1) is 8.24. The molecule has 0 radical (unpaired) electrons.